The fourth-order valence-corrected chi connectivity index (χ4v) is 3.23. The molecule has 8 nitrogen and oxygen atoms in total. The van der Waals surface area contributed by atoms with Crippen LogP contribution in [0.15, 0.2) is 47.4 Å². The van der Waals surface area contributed by atoms with E-state index in [0.717, 1.165) is 11.8 Å². The Kier molecular flexibility index (Phi) is 5.61. The van der Waals surface area contributed by atoms with Crippen LogP contribution in [0.1, 0.15) is 15.9 Å². The molecule has 9 heteroatoms. The van der Waals surface area contributed by atoms with Gasteiger partial charge in [-0.25, -0.2) is 8.42 Å². The van der Waals surface area contributed by atoms with Crippen LogP contribution in [-0.2, 0) is 16.4 Å². The van der Waals surface area contributed by atoms with Crippen molar-refractivity contribution in [1.82, 2.24) is 4.90 Å². The number of para-hydroxylation sites is 1. The van der Waals surface area contributed by atoms with E-state index in [1.54, 1.807) is 38.4 Å². The molecule has 26 heavy (non-hydrogen) atoms. The van der Waals surface area contributed by atoms with E-state index >= 15 is 0 Å². The summed E-state index contributed by atoms with van der Waals surface area (Å²) in [4.78, 5) is 23.6. The van der Waals surface area contributed by atoms with Crippen LogP contribution < -0.4 is 5.32 Å². The predicted molar refractivity (Wildman–Crippen MR) is 98.0 cm³/mol. The smallest absolute Gasteiger partial charge is 0.310 e. The van der Waals surface area contributed by atoms with Crippen molar-refractivity contribution in [2.75, 3.05) is 25.7 Å². The van der Waals surface area contributed by atoms with Crippen molar-refractivity contribution in [2.45, 2.75) is 11.4 Å². The molecule has 0 heterocycles. The first-order valence-corrected chi connectivity index (χ1v) is 9.52. The molecular weight excluding hydrogens is 358 g/mol. The second-order valence-electron chi connectivity index (χ2n) is 5.93. The number of hydrogen-bond acceptors (Lipinski definition) is 6. The minimum absolute atomic E-state index is 0.117. The van der Waals surface area contributed by atoms with Gasteiger partial charge in [0.25, 0.3) is 5.91 Å². The summed E-state index contributed by atoms with van der Waals surface area (Å²) < 4.78 is 23.5. The van der Waals surface area contributed by atoms with Crippen LogP contribution in [-0.4, -0.2) is 44.5 Å². The minimum atomic E-state index is -3.73. The Morgan fingerprint density at radius 2 is 1.77 bits per heavy atom. The molecule has 1 N–H and O–H groups in total. The lowest BCUT2D eigenvalue weighted by molar-refractivity contribution is -0.386. The van der Waals surface area contributed by atoms with Crippen molar-refractivity contribution in [3.05, 3.63) is 63.7 Å². The molecule has 2 aromatic rings. The van der Waals surface area contributed by atoms with Crippen LogP contribution in [0.5, 0.6) is 0 Å². The maximum Gasteiger partial charge on any atom is 0.310 e. The van der Waals surface area contributed by atoms with Crippen molar-refractivity contribution in [2.24, 2.45) is 0 Å². The number of anilines is 1. The number of nitro groups is 1. The Bertz CT molecular complexity index is 937. The number of sulfone groups is 1. The molecule has 0 radical (unpaired) electrons. The molecule has 0 saturated heterocycles. The normalized spacial score (nSPS) is 11.0. The second-order valence-corrected chi connectivity index (χ2v) is 7.92. The van der Waals surface area contributed by atoms with Gasteiger partial charge in [0.15, 0.2) is 9.84 Å². The molecule has 2 aromatic carbocycles. The summed E-state index contributed by atoms with van der Waals surface area (Å²) in [5.41, 5.74) is 0.962. The fourth-order valence-electron chi connectivity index (χ4n) is 2.37. The molecule has 0 spiro atoms. The lowest BCUT2D eigenvalue weighted by Crippen LogP contribution is -2.21. The summed E-state index contributed by atoms with van der Waals surface area (Å²) in [5.74, 6) is -0.124. The average Bonchev–Trinajstić information content (AvgIpc) is 2.58. The molecule has 0 bridgehead atoms. The van der Waals surface area contributed by atoms with Crippen molar-refractivity contribution >= 4 is 27.1 Å². The van der Waals surface area contributed by atoms with Gasteiger partial charge in [-0.15, -0.1) is 0 Å². The molecule has 2 rings (SSSR count). The van der Waals surface area contributed by atoms with Crippen LogP contribution in [0.4, 0.5) is 11.4 Å². The maximum absolute atomic E-state index is 11.9. The molecule has 0 aliphatic heterocycles. The zero-order chi connectivity index (χ0) is 19.5. The molecule has 0 aliphatic carbocycles. The molecule has 0 saturated carbocycles. The van der Waals surface area contributed by atoms with E-state index in [1.807, 2.05) is 0 Å². The van der Waals surface area contributed by atoms with Crippen LogP contribution >= 0.6 is 0 Å². The number of carbonyl (C=O) groups excluding carboxylic acids is 1. The van der Waals surface area contributed by atoms with Gasteiger partial charge < -0.3 is 10.2 Å². The highest BCUT2D eigenvalue weighted by atomic mass is 32.2. The van der Waals surface area contributed by atoms with Crippen LogP contribution in [0, 0.1) is 10.1 Å². The molecule has 138 valence electrons. The molecule has 0 fully saturated rings. The Labute approximate surface area is 151 Å². The second kappa shape index (κ2) is 7.52. The van der Waals surface area contributed by atoms with Crippen LogP contribution in [0.2, 0.25) is 0 Å². The van der Waals surface area contributed by atoms with E-state index in [4.69, 9.17) is 0 Å². The Morgan fingerprint density at radius 1 is 1.15 bits per heavy atom. The van der Waals surface area contributed by atoms with E-state index in [0.29, 0.717) is 5.56 Å². The SMILES string of the molecule is CN(C)C(=O)c1ccc(CNc2cccc(S(C)(=O)=O)c2[N+](=O)[O-])cc1. The highest BCUT2D eigenvalue weighted by molar-refractivity contribution is 7.90. The van der Waals surface area contributed by atoms with Crippen LogP contribution in [0.25, 0.3) is 0 Å². The maximum atomic E-state index is 11.9. The summed E-state index contributed by atoms with van der Waals surface area (Å²) in [5, 5.41) is 14.2. The first-order chi connectivity index (χ1) is 12.1. The summed E-state index contributed by atoms with van der Waals surface area (Å²) in [6.45, 7) is 0.241. The first kappa shape index (κ1) is 19.4. The highest BCUT2D eigenvalue weighted by Crippen LogP contribution is 2.32. The molecule has 0 aliphatic rings. The van der Waals surface area contributed by atoms with Gasteiger partial charge in [0.2, 0.25) is 0 Å². The number of rotatable bonds is 6. The van der Waals surface area contributed by atoms with Gasteiger partial charge in [-0.3, -0.25) is 14.9 Å². The Hall–Kier alpha value is -2.94. The lowest BCUT2D eigenvalue weighted by Gasteiger charge is -2.12. The quantitative estimate of drug-likeness (QED) is 0.611. The Balaban J connectivity index is 2.25. The summed E-state index contributed by atoms with van der Waals surface area (Å²) in [6, 6.07) is 10.9. The summed E-state index contributed by atoms with van der Waals surface area (Å²) in [6.07, 6.45) is 0.930. The standard InChI is InChI=1S/C17H19N3O5S/c1-19(2)17(21)13-9-7-12(8-10-13)11-18-14-5-4-6-15(26(3,24)25)16(14)20(22)23/h4-10,18H,11H2,1-3H3. The lowest BCUT2D eigenvalue weighted by atomic mass is 10.1. The van der Waals surface area contributed by atoms with Gasteiger partial charge in [-0.05, 0) is 29.8 Å². The molecule has 0 unspecified atom stereocenters. The number of nitrogens with zero attached hydrogens (tertiary/aromatic N) is 2. The third-order valence-electron chi connectivity index (χ3n) is 3.67. The summed E-state index contributed by atoms with van der Waals surface area (Å²) in [7, 11) is -0.414. The number of nitrogens with one attached hydrogen (secondary N) is 1. The van der Waals surface area contributed by atoms with Crippen molar-refractivity contribution in [3.63, 3.8) is 0 Å². The van der Waals surface area contributed by atoms with Crippen molar-refractivity contribution in [3.8, 4) is 0 Å². The van der Waals surface area contributed by atoms with E-state index < -0.39 is 20.4 Å². The van der Waals surface area contributed by atoms with E-state index in [-0.39, 0.29) is 23.0 Å². The zero-order valence-electron chi connectivity index (χ0n) is 14.6. The third-order valence-corrected chi connectivity index (χ3v) is 4.80. The van der Waals surface area contributed by atoms with E-state index in [9.17, 15) is 23.3 Å². The number of benzene rings is 2. The molecular formula is C17H19N3O5S. The van der Waals surface area contributed by atoms with Gasteiger partial charge in [-0.1, -0.05) is 18.2 Å². The van der Waals surface area contributed by atoms with E-state index in [2.05, 4.69) is 5.32 Å². The highest BCUT2D eigenvalue weighted by Gasteiger charge is 2.25. The third kappa shape index (κ3) is 4.37. The fraction of sp³-hybridized carbons (Fsp3) is 0.235. The van der Waals surface area contributed by atoms with Gasteiger partial charge in [0.05, 0.1) is 4.92 Å². The summed E-state index contributed by atoms with van der Waals surface area (Å²) >= 11 is 0. The number of nitro benzene ring substituents is 1. The van der Waals surface area contributed by atoms with E-state index in [1.165, 1.54) is 23.1 Å². The van der Waals surface area contributed by atoms with Gasteiger partial charge >= 0.3 is 5.69 Å². The number of amides is 1. The average molecular weight is 377 g/mol. The minimum Gasteiger partial charge on any atom is -0.375 e. The zero-order valence-corrected chi connectivity index (χ0v) is 15.4. The van der Waals surface area contributed by atoms with Gasteiger partial charge in [0.1, 0.15) is 10.6 Å². The molecule has 0 atom stereocenters. The van der Waals surface area contributed by atoms with Gasteiger partial charge in [-0.2, -0.15) is 0 Å². The van der Waals surface area contributed by atoms with Crippen LogP contribution in [0.3, 0.4) is 0 Å². The number of carbonyl (C=O) groups is 1. The Morgan fingerprint density at radius 3 is 2.27 bits per heavy atom. The number of hydrogen-bond donors (Lipinski definition) is 1. The molecule has 1 amide bonds. The monoisotopic (exact) mass is 377 g/mol. The largest absolute Gasteiger partial charge is 0.375 e. The molecule has 0 aromatic heterocycles. The van der Waals surface area contributed by atoms with Crippen molar-refractivity contribution in [1.29, 1.82) is 0 Å². The first-order valence-electron chi connectivity index (χ1n) is 7.63. The van der Waals surface area contributed by atoms with Gasteiger partial charge in [0, 0.05) is 32.5 Å². The predicted octanol–water partition coefficient (Wildman–Crippen LogP) is 2.31. The van der Waals surface area contributed by atoms with Crippen molar-refractivity contribution < 1.29 is 18.1 Å². The topological polar surface area (TPSA) is 110 Å².